The number of nitrogens with zero attached hydrogens (tertiary/aromatic N) is 10. The minimum Gasteiger partial charge on any atom is -0.495 e. The van der Waals surface area contributed by atoms with Crippen molar-refractivity contribution >= 4 is 104 Å². The molecule has 4 atom stereocenters. The number of hydrogen-bond donors (Lipinski definition) is 6. The molecule has 416 valence electrons. The van der Waals surface area contributed by atoms with Crippen LogP contribution in [0.3, 0.4) is 0 Å². The summed E-state index contributed by atoms with van der Waals surface area (Å²) in [5.41, 5.74) is 1.09. The number of methoxy groups -OCH3 is 4. The number of aromatic nitrogens is 10. The van der Waals surface area contributed by atoms with E-state index >= 15 is 0 Å². The molecule has 10 rings (SSSR count). The van der Waals surface area contributed by atoms with E-state index in [4.69, 9.17) is 65.4 Å². The van der Waals surface area contributed by atoms with Gasteiger partial charge in [-0.15, -0.1) is 0 Å². The predicted octanol–water partition coefficient (Wildman–Crippen LogP) is 6.03. The molecule has 2 amide bonds. The number of aromatic amines is 2. The fraction of sp³-hybridized carbons (Fsp3) is 0.269. The van der Waals surface area contributed by atoms with Crippen molar-refractivity contribution in [1.29, 1.82) is 0 Å². The Kier molecular flexibility index (Phi) is 16.7. The molecule has 2 aliphatic rings. The van der Waals surface area contributed by atoms with E-state index in [9.17, 15) is 19.2 Å². The summed E-state index contributed by atoms with van der Waals surface area (Å²) in [4.78, 5) is 73.6. The van der Waals surface area contributed by atoms with Crippen LogP contribution in [0.15, 0.2) is 96.1 Å². The largest absolute Gasteiger partial charge is 0.495 e. The Balaban J connectivity index is 0.000000194. The van der Waals surface area contributed by atoms with Gasteiger partial charge in [0.2, 0.25) is 23.7 Å². The van der Waals surface area contributed by atoms with E-state index in [0.717, 1.165) is 11.6 Å². The van der Waals surface area contributed by atoms with Gasteiger partial charge in [-0.25, -0.2) is 9.97 Å². The van der Waals surface area contributed by atoms with E-state index in [-0.39, 0.29) is 89.4 Å². The van der Waals surface area contributed by atoms with Gasteiger partial charge < -0.3 is 50.0 Å². The van der Waals surface area contributed by atoms with Crippen LogP contribution >= 0.6 is 46.4 Å². The number of pyridine rings is 2. The third-order valence-corrected chi connectivity index (χ3v) is 15.0. The van der Waals surface area contributed by atoms with Crippen LogP contribution in [0.5, 0.6) is 23.0 Å². The Morgan fingerprint density at radius 1 is 0.588 bits per heavy atom. The molecule has 28 heteroatoms. The molecule has 0 saturated carbocycles. The summed E-state index contributed by atoms with van der Waals surface area (Å²) >= 11 is 26.3. The summed E-state index contributed by atoms with van der Waals surface area (Å²) in [6.07, 6.45) is 8.99. The lowest BCUT2D eigenvalue weighted by Gasteiger charge is -2.20. The third-order valence-electron chi connectivity index (χ3n) is 13.5. The van der Waals surface area contributed by atoms with Crippen molar-refractivity contribution in [2.24, 2.45) is 14.1 Å². The standard InChI is InChI=1S/2C26H26Cl2N8O4/c2*1-5-20(37)31-15-11-36(19-6-7-30-34-19)12-16(15)32-26-29-10-13-8-14(25(38)35(2)24(13)33-26)21-22(27)17(39-3)9-18(40-4)23(21)28/h2*5-10,15-16H,1,11-12H2,2-4H3,(H,30,34)(H,31,37)(H,29,32,33)/t2*15-,16+/m10/s1. The number of H-pyrrole nitrogens is 2. The number of halogens is 4. The predicted molar refractivity (Wildman–Crippen MR) is 307 cm³/mol. The minimum atomic E-state index is -0.376. The maximum absolute atomic E-state index is 13.5. The number of carbonyl (C=O) groups is 2. The van der Waals surface area contributed by atoms with Crippen LogP contribution in [-0.2, 0) is 23.7 Å². The lowest BCUT2D eigenvalue weighted by Crippen LogP contribution is -2.45. The fourth-order valence-electron chi connectivity index (χ4n) is 9.49. The minimum absolute atomic E-state index is 0.180. The zero-order valence-electron chi connectivity index (χ0n) is 43.7. The van der Waals surface area contributed by atoms with E-state index in [2.05, 4.69) is 84.6 Å². The lowest BCUT2D eigenvalue weighted by atomic mass is 10.0. The maximum atomic E-state index is 13.5. The topological polar surface area (TPSA) is 279 Å². The van der Waals surface area contributed by atoms with Crippen LogP contribution in [0.2, 0.25) is 20.1 Å². The first-order chi connectivity index (χ1) is 38.5. The molecule has 8 heterocycles. The zero-order valence-corrected chi connectivity index (χ0v) is 46.8. The average Bonchev–Trinajstić information content (AvgIpc) is 4.33. The third kappa shape index (κ3) is 11.1. The number of hydrogen-bond acceptors (Lipinski definition) is 18. The maximum Gasteiger partial charge on any atom is 0.259 e. The highest BCUT2D eigenvalue weighted by Crippen LogP contribution is 2.47. The van der Waals surface area contributed by atoms with Crippen LogP contribution in [0, 0.1) is 0 Å². The second-order valence-corrected chi connectivity index (χ2v) is 19.7. The Morgan fingerprint density at radius 2 is 0.938 bits per heavy atom. The Bertz CT molecular complexity index is 3500. The van der Waals surface area contributed by atoms with Gasteiger partial charge in [-0.05, 0) is 24.3 Å². The van der Waals surface area contributed by atoms with E-state index in [0.29, 0.717) is 83.1 Å². The molecule has 0 unspecified atom stereocenters. The normalized spacial score (nSPS) is 16.7. The molecule has 2 aromatic carbocycles. The van der Waals surface area contributed by atoms with E-state index in [1.807, 2.05) is 12.1 Å². The first kappa shape index (κ1) is 56.2. The molecule has 2 fully saturated rings. The first-order valence-electron chi connectivity index (χ1n) is 24.3. The molecule has 0 bridgehead atoms. The second kappa shape index (κ2) is 23.8. The molecule has 6 aromatic heterocycles. The monoisotopic (exact) mass is 1170 g/mol. The van der Waals surface area contributed by atoms with Crippen LogP contribution in [0.25, 0.3) is 44.3 Å². The van der Waals surface area contributed by atoms with E-state index in [1.165, 1.54) is 49.7 Å². The number of anilines is 4. The molecule has 80 heavy (non-hydrogen) atoms. The highest BCUT2D eigenvalue weighted by molar-refractivity contribution is 6.42. The highest BCUT2D eigenvalue weighted by atomic mass is 35.5. The van der Waals surface area contributed by atoms with Crippen molar-refractivity contribution in [3.63, 3.8) is 0 Å². The van der Waals surface area contributed by atoms with Gasteiger partial charge in [-0.3, -0.25) is 38.5 Å². The van der Waals surface area contributed by atoms with Crippen molar-refractivity contribution in [2.75, 3.05) is 75.1 Å². The van der Waals surface area contributed by atoms with Gasteiger partial charge in [0.1, 0.15) is 45.9 Å². The molecule has 24 nitrogen and oxygen atoms in total. The Labute approximate surface area is 476 Å². The highest BCUT2D eigenvalue weighted by Gasteiger charge is 2.37. The second-order valence-electron chi connectivity index (χ2n) is 18.2. The average molecular weight is 1170 g/mol. The van der Waals surface area contributed by atoms with Crippen LogP contribution in [-0.4, -0.2) is 140 Å². The molecule has 2 saturated heterocycles. The zero-order chi connectivity index (χ0) is 57.1. The SMILES string of the molecule is C=CC(=O)N[C@@H]1CN(c2ccn[nH]2)C[C@@H]1Nc1ncc2cc(-c3c(Cl)c(OC)cc(OC)c3Cl)c(=O)n(C)c2n1.C=CC(=O)N[C@H]1CN(c2ccn[nH]2)C[C@H]1Nc1ncc2cc(-c3c(Cl)c(OC)cc(OC)c3Cl)c(=O)n(C)c2n1. The Morgan fingerprint density at radius 3 is 1.25 bits per heavy atom. The van der Waals surface area contributed by atoms with E-state index < -0.39 is 0 Å². The quantitative estimate of drug-likeness (QED) is 0.0603. The van der Waals surface area contributed by atoms with Crippen molar-refractivity contribution in [3.8, 4) is 45.3 Å². The van der Waals surface area contributed by atoms with Gasteiger partial charge in [0.05, 0.1) is 96.2 Å². The number of amides is 2. The summed E-state index contributed by atoms with van der Waals surface area (Å²) < 4.78 is 24.2. The van der Waals surface area contributed by atoms with Crippen molar-refractivity contribution in [2.45, 2.75) is 24.2 Å². The van der Waals surface area contributed by atoms with Gasteiger partial charge >= 0.3 is 0 Å². The summed E-state index contributed by atoms with van der Waals surface area (Å²) in [7, 11) is 9.06. The lowest BCUT2D eigenvalue weighted by molar-refractivity contribution is -0.117. The number of rotatable bonds is 16. The van der Waals surface area contributed by atoms with Gasteiger partial charge in [0, 0.05) is 98.8 Å². The number of carbonyl (C=O) groups excluding carboxylic acids is 2. The smallest absolute Gasteiger partial charge is 0.259 e. The summed E-state index contributed by atoms with van der Waals surface area (Å²) in [6.45, 7) is 9.22. The molecular weight excluding hydrogens is 1120 g/mol. The molecule has 6 N–H and O–H groups in total. The number of fused-ring (bicyclic) bond motifs is 2. The number of benzene rings is 2. The van der Waals surface area contributed by atoms with Crippen molar-refractivity contribution < 1.29 is 28.5 Å². The van der Waals surface area contributed by atoms with E-state index in [1.54, 1.807) is 63.1 Å². The van der Waals surface area contributed by atoms with Gasteiger partial charge in [0.25, 0.3) is 11.1 Å². The Hall–Kier alpha value is -8.58. The molecule has 2 aliphatic heterocycles. The molecule has 0 spiro atoms. The van der Waals surface area contributed by atoms with Gasteiger partial charge in [-0.1, -0.05) is 59.6 Å². The molecule has 8 aromatic rings. The summed E-state index contributed by atoms with van der Waals surface area (Å²) in [5.74, 6) is 2.92. The number of nitrogens with one attached hydrogen (secondary N) is 6. The molecular formula is C52H52Cl4N16O8. The van der Waals surface area contributed by atoms with Gasteiger partial charge in [-0.2, -0.15) is 20.2 Å². The van der Waals surface area contributed by atoms with Crippen LogP contribution in [0.4, 0.5) is 23.5 Å². The summed E-state index contributed by atoms with van der Waals surface area (Å²) in [6, 6.07) is 9.05. The number of ether oxygens (including phenoxy) is 4. The summed E-state index contributed by atoms with van der Waals surface area (Å²) in [5, 5.41) is 28.3. The van der Waals surface area contributed by atoms with Crippen molar-refractivity contribution in [3.05, 3.63) is 127 Å². The van der Waals surface area contributed by atoms with Crippen molar-refractivity contribution in [1.82, 2.24) is 60.1 Å². The molecule has 0 aliphatic carbocycles. The van der Waals surface area contributed by atoms with Crippen LogP contribution in [0.1, 0.15) is 0 Å². The molecule has 0 radical (unpaired) electrons. The number of aryl methyl sites for hydroxylation is 2. The fourth-order valence-corrected chi connectivity index (χ4v) is 10.9. The van der Waals surface area contributed by atoms with Crippen LogP contribution < -0.4 is 61.1 Å². The van der Waals surface area contributed by atoms with Gasteiger partial charge in [0.15, 0.2) is 0 Å². The first-order valence-corrected chi connectivity index (χ1v) is 25.8.